The van der Waals surface area contributed by atoms with Gasteiger partial charge in [-0.05, 0) is 81.6 Å². The number of halogens is 2. The number of hydrogen-bond acceptors (Lipinski definition) is 5. The van der Waals surface area contributed by atoms with Gasteiger partial charge < -0.3 is 5.32 Å². The SMILES string of the molecule is Cc1cc(C(C#N)c2ccc(Cl)cc2)c(Cl)cc1Nc1ccc(S(=O)(=O)N(C(C)C)C(C)C)cn1. The lowest BCUT2D eigenvalue weighted by Gasteiger charge is -2.29. The van der Waals surface area contributed by atoms with E-state index in [2.05, 4.69) is 16.4 Å². The molecule has 0 radical (unpaired) electrons. The van der Waals surface area contributed by atoms with E-state index < -0.39 is 15.9 Å². The number of hydrogen-bond donors (Lipinski definition) is 1. The van der Waals surface area contributed by atoms with Gasteiger partial charge in [0, 0.05) is 34.0 Å². The van der Waals surface area contributed by atoms with Gasteiger partial charge in [-0.25, -0.2) is 13.4 Å². The van der Waals surface area contributed by atoms with Crippen LogP contribution < -0.4 is 5.32 Å². The van der Waals surface area contributed by atoms with Crippen molar-refractivity contribution in [2.75, 3.05) is 5.32 Å². The van der Waals surface area contributed by atoms with Crippen molar-refractivity contribution in [3.8, 4) is 6.07 Å². The second-order valence-corrected chi connectivity index (χ2v) is 11.5. The van der Waals surface area contributed by atoms with E-state index in [4.69, 9.17) is 23.2 Å². The first-order valence-electron chi connectivity index (χ1n) is 11.2. The van der Waals surface area contributed by atoms with E-state index in [1.54, 1.807) is 30.3 Å². The summed E-state index contributed by atoms with van der Waals surface area (Å²) in [6.07, 6.45) is 1.35. The average molecular weight is 532 g/mol. The highest BCUT2D eigenvalue weighted by Crippen LogP contribution is 2.35. The van der Waals surface area contributed by atoms with Crippen molar-refractivity contribution in [3.63, 3.8) is 0 Å². The first-order valence-corrected chi connectivity index (χ1v) is 13.4. The third-order valence-corrected chi connectivity index (χ3v) is 8.39. The van der Waals surface area contributed by atoms with Crippen molar-refractivity contribution in [3.05, 3.63) is 81.5 Å². The van der Waals surface area contributed by atoms with Gasteiger partial charge in [0.2, 0.25) is 10.0 Å². The van der Waals surface area contributed by atoms with Gasteiger partial charge in [0.25, 0.3) is 0 Å². The standard InChI is InChI=1S/C26H28Cl2N4O2S/c1-16(2)32(17(3)4)35(33,34)21-10-11-26(30-15-21)31-25-13-24(28)22(12-18(25)5)23(14-29)19-6-8-20(27)9-7-19/h6-13,15-17,23H,1-5H3,(H,30,31). The van der Waals surface area contributed by atoms with Gasteiger partial charge in [-0.1, -0.05) is 41.4 Å². The molecule has 1 N–H and O–H groups in total. The van der Waals surface area contributed by atoms with E-state index in [0.717, 1.165) is 11.1 Å². The number of aryl methyl sites for hydroxylation is 1. The molecule has 0 aliphatic rings. The van der Waals surface area contributed by atoms with Crippen LogP contribution in [0.3, 0.4) is 0 Å². The predicted octanol–water partition coefficient (Wildman–Crippen LogP) is 6.90. The van der Waals surface area contributed by atoms with Crippen molar-refractivity contribution >= 4 is 44.7 Å². The molecule has 0 spiro atoms. The second kappa shape index (κ2) is 11.0. The highest BCUT2D eigenvalue weighted by Gasteiger charge is 2.29. The number of nitrogens with one attached hydrogen (secondary N) is 1. The lowest BCUT2D eigenvalue weighted by atomic mass is 9.91. The highest BCUT2D eigenvalue weighted by molar-refractivity contribution is 7.89. The number of aromatic nitrogens is 1. The van der Waals surface area contributed by atoms with Crippen LogP contribution in [-0.2, 0) is 10.0 Å². The fourth-order valence-corrected chi connectivity index (χ4v) is 6.23. The smallest absolute Gasteiger partial charge is 0.245 e. The lowest BCUT2D eigenvalue weighted by molar-refractivity contribution is 0.302. The Hall–Kier alpha value is -2.63. The molecule has 6 nitrogen and oxygen atoms in total. The number of rotatable bonds is 8. The number of sulfonamides is 1. The van der Waals surface area contributed by atoms with Crippen molar-refractivity contribution in [2.45, 2.75) is 57.5 Å². The summed E-state index contributed by atoms with van der Waals surface area (Å²) < 4.78 is 27.6. The summed E-state index contributed by atoms with van der Waals surface area (Å²) in [5.41, 5.74) is 3.06. The summed E-state index contributed by atoms with van der Waals surface area (Å²) in [4.78, 5) is 4.45. The summed E-state index contributed by atoms with van der Waals surface area (Å²) in [6, 6.07) is 15.9. The molecule has 35 heavy (non-hydrogen) atoms. The van der Waals surface area contributed by atoms with E-state index in [1.165, 1.54) is 10.5 Å². The zero-order valence-corrected chi connectivity index (χ0v) is 22.6. The first-order chi connectivity index (χ1) is 16.4. The Morgan fingerprint density at radius 1 is 1.00 bits per heavy atom. The number of pyridine rings is 1. The minimum Gasteiger partial charge on any atom is -0.340 e. The Labute approximate surface area is 217 Å². The maximum absolute atomic E-state index is 13.1. The Kier molecular flexibility index (Phi) is 8.45. The number of benzene rings is 2. The van der Waals surface area contributed by atoms with Crippen LogP contribution in [0.15, 0.2) is 59.6 Å². The number of anilines is 2. The van der Waals surface area contributed by atoms with Crippen molar-refractivity contribution in [1.82, 2.24) is 9.29 Å². The Morgan fingerprint density at radius 3 is 2.14 bits per heavy atom. The molecule has 1 heterocycles. The largest absolute Gasteiger partial charge is 0.340 e. The van der Waals surface area contributed by atoms with Gasteiger partial charge in [-0.2, -0.15) is 9.57 Å². The van der Waals surface area contributed by atoms with Crippen LogP contribution in [0.5, 0.6) is 0 Å². The van der Waals surface area contributed by atoms with E-state index in [9.17, 15) is 13.7 Å². The van der Waals surface area contributed by atoms with Crippen molar-refractivity contribution < 1.29 is 8.42 Å². The number of nitrogens with zero attached hydrogens (tertiary/aromatic N) is 3. The van der Waals surface area contributed by atoms with Crippen LogP contribution in [0.1, 0.15) is 50.3 Å². The zero-order valence-electron chi connectivity index (χ0n) is 20.3. The molecule has 0 amide bonds. The minimum atomic E-state index is -3.67. The Balaban J connectivity index is 1.87. The van der Waals surface area contributed by atoms with Gasteiger partial charge in [0.1, 0.15) is 10.7 Å². The number of nitriles is 1. The summed E-state index contributed by atoms with van der Waals surface area (Å²) >= 11 is 12.6. The molecule has 184 valence electrons. The predicted molar refractivity (Wildman–Crippen MR) is 142 cm³/mol. The second-order valence-electron chi connectivity index (χ2n) is 8.83. The lowest BCUT2D eigenvalue weighted by Crippen LogP contribution is -2.41. The maximum atomic E-state index is 13.1. The van der Waals surface area contributed by atoms with Crippen LogP contribution in [0.2, 0.25) is 10.0 Å². The molecule has 0 saturated heterocycles. The molecular formula is C26H28Cl2N4O2S. The third-order valence-electron chi connectivity index (χ3n) is 5.58. The molecule has 1 unspecified atom stereocenters. The molecule has 3 aromatic rings. The molecule has 0 fully saturated rings. The monoisotopic (exact) mass is 530 g/mol. The molecule has 2 aromatic carbocycles. The topological polar surface area (TPSA) is 86.1 Å². The van der Waals surface area contributed by atoms with Gasteiger partial charge in [-0.15, -0.1) is 0 Å². The van der Waals surface area contributed by atoms with Crippen molar-refractivity contribution in [1.29, 1.82) is 5.26 Å². The van der Waals surface area contributed by atoms with Gasteiger partial charge in [-0.3, -0.25) is 0 Å². The zero-order chi connectivity index (χ0) is 25.9. The van der Waals surface area contributed by atoms with E-state index in [-0.39, 0.29) is 17.0 Å². The van der Waals surface area contributed by atoms with E-state index in [1.807, 2.05) is 52.8 Å². The Morgan fingerprint density at radius 2 is 1.63 bits per heavy atom. The first kappa shape index (κ1) is 27.0. The molecule has 1 aromatic heterocycles. The van der Waals surface area contributed by atoms with Crippen LogP contribution in [-0.4, -0.2) is 29.8 Å². The van der Waals surface area contributed by atoms with Crippen LogP contribution in [0.25, 0.3) is 0 Å². The molecule has 0 saturated carbocycles. The Bertz CT molecular complexity index is 1330. The minimum absolute atomic E-state index is 0.135. The quantitative estimate of drug-likeness (QED) is 0.342. The summed E-state index contributed by atoms with van der Waals surface area (Å²) in [5.74, 6) is -0.0639. The van der Waals surface area contributed by atoms with E-state index in [0.29, 0.717) is 27.1 Å². The summed E-state index contributed by atoms with van der Waals surface area (Å²) in [6.45, 7) is 9.30. The molecule has 0 bridgehead atoms. The van der Waals surface area contributed by atoms with Gasteiger partial charge in [0.15, 0.2) is 0 Å². The van der Waals surface area contributed by atoms with E-state index >= 15 is 0 Å². The maximum Gasteiger partial charge on any atom is 0.245 e. The molecular weight excluding hydrogens is 503 g/mol. The molecule has 1 atom stereocenters. The summed E-state index contributed by atoms with van der Waals surface area (Å²) in [7, 11) is -3.67. The van der Waals surface area contributed by atoms with Gasteiger partial charge >= 0.3 is 0 Å². The molecule has 9 heteroatoms. The van der Waals surface area contributed by atoms with Crippen molar-refractivity contribution in [2.24, 2.45) is 0 Å². The molecule has 3 rings (SSSR count). The third kappa shape index (κ3) is 5.96. The fourth-order valence-electron chi connectivity index (χ4n) is 4.06. The fraction of sp³-hybridized carbons (Fsp3) is 0.308. The van der Waals surface area contributed by atoms with Crippen LogP contribution >= 0.6 is 23.2 Å². The molecule has 0 aliphatic carbocycles. The molecule has 0 aliphatic heterocycles. The normalized spacial score (nSPS) is 12.7. The van der Waals surface area contributed by atoms with Gasteiger partial charge in [0.05, 0.1) is 12.0 Å². The van der Waals surface area contributed by atoms with Crippen LogP contribution in [0.4, 0.5) is 11.5 Å². The highest BCUT2D eigenvalue weighted by atomic mass is 35.5. The summed E-state index contributed by atoms with van der Waals surface area (Å²) in [5, 5.41) is 14.0. The average Bonchev–Trinajstić information content (AvgIpc) is 2.78. The van der Waals surface area contributed by atoms with Crippen LogP contribution in [0, 0.1) is 18.3 Å².